The molecule has 0 radical (unpaired) electrons. The Morgan fingerprint density at radius 1 is 0.838 bits per heavy atom. The summed E-state index contributed by atoms with van der Waals surface area (Å²) in [4.78, 5) is 116. The number of H-pyrrole nitrogens is 1. The van der Waals surface area contributed by atoms with Gasteiger partial charge >= 0.3 is 5.97 Å². The maximum Gasteiger partial charge on any atom is 0.322 e. The predicted molar refractivity (Wildman–Crippen MR) is 257 cm³/mol. The zero-order chi connectivity index (χ0) is 49.8. The van der Waals surface area contributed by atoms with E-state index >= 15 is 0 Å². The average Bonchev–Trinajstić information content (AvgIpc) is 3.97. The van der Waals surface area contributed by atoms with Crippen molar-refractivity contribution in [2.75, 3.05) is 26.2 Å². The highest BCUT2D eigenvalue weighted by molar-refractivity contribution is 5.97. The topological polar surface area (TPSA) is 328 Å². The lowest BCUT2D eigenvalue weighted by molar-refractivity contribution is -0.142. The van der Waals surface area contributed by atoms with Gasteiger partial charge in [-0.05, 0) is 81.0 Å². The van der Waals surface area contributed by atoms with Crippen LogP contribution in [0, 0.1) is 17.8 Å². The molecule has 13 N–H and O–H groups in total. The van der Waals surface area contributed by atoms with Gasteiger partial charge in [-0.1, -0.05) is 62.4 Å². The number of carboxylic acids is 1. The summed E-state index contributed by atoms with van der Waals surface area (Å²) in [5, 5.41) is 17.9. The van der Waals surface area contributed by atoms with Gasteiger partial charge in [0.05, 0.1) is 18.1 Å². The molecule has 0 bridgehead atoms. The summed E-state index contributed by atoms with van der Waals surface area (Å²) in [6.45, 7) is 3.74. The Kier molecular flexibility index (Phi) is 21.8. The molecule has 370 valence electrons. The molecule has 0 saturated carbocycles. The van der Waals surface area contributed by atoms with Crippen molar-refractivity contribution in [3.05, 3.63) is 71.9 Å². The number of nitrogens with one attached hydrogen (secondary N) is 4. The molecule has 4 amide bonds. The highest BCUT2D eigenvalue weighted by Gasteiger charge is 2.39. The fourth-order valence-corrected chi connectivity index (χ4v) is 8.57. The number of ketones is 3. The average molecular weight is 943 g/mol. The Hall–Kier alpha value is -6.47. The molecule has 0 unspecified atom stereocenters. The van der Waals surface area contributed by atoms with Crippen LogP contribution in [0.2, 0.25) is 0 Å². The van der Waals surface area contributed by atoms with Crippen LogP contribution in [0.4, 0.5) is 0 Å². The van der Waals surface area contributed by atoms with Crippen molar-refractivity contribution in [3.63, 3.8) is 0 Å². The maximum absolute atomic E-state index is 14.2. The number of aromatic amines is 1. The van der Waals surface area contributed by atoms with Gasteiger partial charge in [0.1, 0.15) is 12.6 Å². The highest BCUT2D eigenvalue weighted by atomic mass is 16.4. The van der Waals surface area contributed by atoms with Crippen LogP contribution in [0.15, 0.2) is 65.8 Å². The second-order valence-electron chi connectivity index (χ2n) is 17.9. The lowest BCUT2D eigenvalue weighted by Gasteiger charge is -2.30. The lowest BCUT2D eigenvalue weighted by atomic mass is 9.87. The van der Waals surface area contributed by atoms with E-state index in [-0.39, 0.29) is 87.9 Å². The number of fused-ring (bicyclic) bond motifs is 1. The molecule has 1 aromatic heterocycles. The minimum absolute atomic E-state index is 0.0713. The lowest BCUT2D eigenvalue weighted by Crippen LogP contribution is -2.52. The number of carbonyl (C=O) groups excluding carboxylic acids is 7. The van der Waals surface area contributed by atoms with Crippen molar-refractivity contribution in [2.45, 2.75) is 121 Å². The smallest absolute Gasteiger partial charge is 0.322 e. The second-order valence-corrected chi connectivity index (χ2v) is 17.9. The molecule has 68 heavy (non-hydrogen) atoms. The predicted octanol–water partition coefficient (Wildman–Crippen LogP) is 1.78. The molecule has 1 aliphatic heterocycles. The molecule has 3 aromatic rings. The van der Waals surface area contributed by atoms with Crippen molar-refractivity contribution in [1.29, 1.82) is 0 Å². The maximum atomic E-state index is 14.2. The molecular weight excluding hydrogens is 873 g/mol. The number of nitrogens with zero attached hydrogens (tertiary/aromatic N) is 2. The van der Waals surface area contributed by atoms with Crippen molar-refractivity contribution in [1.82, 2.24) is 25.8 Å². The Labute approximate surface area is 397 Å². The number of carboxylic acid groups (broad SMARTS) is 1. The number of carbonyl (C=O) groups is 8. The summed E-state index contributed by atoms with van der Waals surface area (Å²) >= 11 is 0. The molecule has 0 spiro atoms. The van der Waals surface area contributed by atoms with Crippen molar-refractivity contribution in [2.24, 2.45) is 45.7 Å². The third kappa shape index (κ3) is 17.0. The Balaban J connectivity index is 1.50. The van der Waals surface area contributed by atoms with Crippen LogP contribution >= 0.6 is 0 Å². The number of aromatic nitrogens is 1. The van der Waals surface area contributed by atoms with E-state index in [2.05, 4.69) is 25.9 Å². The van der Waals surface area contributed by atoms with Gasteiger partial charge in [-0.3, -0.25) is 43.3 Å². The van der Waals surface area contributed by atoms with Gasteiger partial charge in [0.25, 0.3) is 0 Å². The summed E-state index contributed by atoms with van der Waals surface area (Å²) in [6, 6.07) is 12.9. The zero-order valence-corrected chi connectivity index (χ0v) is 39.3. The number of amides is 4. The minimum Gasteiger partial charge on any atom is -0.480 e. The summed E-state index contributed by atoms with van der Waals surface area (Å²) in [5.41, 5.74) is 25.6. The monoisotopic (exact) mass is 943 g/mol. The van der Waals surface area contributed by atoms with Crippen LogP contribution in [0.1, 0.15) is 95.6 Å². The number of likely N-dealkylation sites (tertiary alicyclic amines) is 1. The molecule has 2 aromatic carbocycles. The molecule has 2 heterocycles. The van der Waals surface area contributed by atoms with Crippen molar-refractivity contribution in [3.8, 4) is 0 Å². The van der Waals surface area contributed by atoms with Gasteiger partial charge in [-0.2, -0.15) is 0 Å². The third-order valence-corrected chi connectivity index (χ3v) is 12.4. The Morgan fingerprint density at radius 3 is 2.25 bits per heavy atom. The third-order valence-electron chi connectivity index (χ3n) is 12.4. The number of aliphatic imine (C=N–C) groups is 1. The molecule has 1 saturated heterocycles. The number of aliphatic carboxylic acids is 1. The van der Waals surface area contributed by atoms with Gasteiger partial charge in [0.15, 0.2) is 23.3 Å². The summed E-state index contributed by atoms with van der Waals surface area (Å²) in [5.74, 6) is -6.59. The van der Waals surface area contributed by atoms with E-state index in [9.17, 15) is 38.4 Å². The normalized spacial score (nSPS) is 15.7. The van der Waals surface area contributed by atoms with Crippen LogP contribution < -0.4 is 38.9 Å². The van der Waals surface area contributed by atoms with Gasteiger partial charge in [-0.15, -0.1) is 0 Å². The van der Waals surface area contributed by atoms with Crippen LogP contribution in [-0.2, 0) is 51.2 Å². The van der Waals surface area contributed by atoms with E-state index < -0.39 is 77.9 Å². The number of benzene rings is 2. The van der Waals surface area contributed by atoms with Crippen LogP contribution in [0.5, 0.6) is 0 Å². The van der Waals surface area contributed by atoms with Crippen LogP contribution in [0.3, 0.4) is 0 Å². The van der Waals surface area contributed by atoms with E-state index in [4.69, 9.17) is 28.0 Å². The number of nitrogens with two attached hydrogens (primary N) is 4. The quantitative estimate of drug-likeness (QED) is 0.0262. The highest BCUT2D eigenvalue weighted by Crippen LogP contribution is 2.26. The van der Waals surface area contributed by atoms with Crippen molar-refractivity contribution < 1.29 is 43.5 Å². The zero-order valence-electron chi connectivity index (χ0n) is 39.3. The fraction of sp³-hybridized carbons (Fsp3) is 0.531. The number of unbranched alkanes of at least 4 members (excludes halogenated alkanes) is 1. The van der Waals surface area contributed by atoms with E-state index in [0.29, 0.717) is 38.6 Å². The molecular formula is C49H70N10O9. The Bertz CT molecular complexity index is 2230. The van der Waals surface area contributed by atoms with Crippen LogP contribution in [-0.4, -0.2) is 118 Å². The Morgan fingerprint density at radius 2 is 1.56 bits per heavy atom. The van der Waals surface area contributed by atoms with E-state index in [1.807, 2.05) is 54.6 Å². The number of para-hydroxylation sites is 1. The number of hydrogen-bond acceptors (Lipinski definition) is 11. The largest absolute Gasteiger partial charge is 0.480 e. The van der Waals surface area contributed by atoms with Crippen molar-refractivity contribution >= 4 is 63.8 Å². The molecule has 1 aliphatic rings. The first kappa shape index (κ1) is 54.1. The SMILES string of the molecule is CC(C)[C@H](CC(=O)[C@@H]1CCCN1C(=O)[C@H](CCCCN)NC(=O)CCC(=O)[C@H](Cc1c[nH]c2ccccc12)NC(=O)[C@H](CCCN=C(N)N)CC(=O)[C@@H](N)Cc1ccccc1)C(=O)NCC(=O)O. The molecule has 6 atom stereocenters. The summed E-state index contributed by atoms with van der Waals surface area (Å²) < 4.78 is 0. The molecule has 1 fully saturated rings. The first-order chi connectivity index (χ1) is 32.5. The fourth-order valence-electron chi connectivity index (χ4n) is 8.57. The van der Waals surface area contributed by atoms with E-state index in [0.717, 1.165) is 22.0 Å². The number of Topliss-reactive ketones (excluding diaryl/α,β-unsaturated/α-hetero) is 3. The summed E-state index contributed by atoms with van der Waals surface area (Å²) in [6.07, 6.45) is 3.82. The van der Waals surface area contributed by atoms with Gasteiger partial charge in [-0.25, -0.2) is 0 Å². The van der Waals surface area contributed by atoms with E-state index in [1.165, 1.54) is 4.90 Å². The van der Waals surface area contributed by atoms with Gasteiger partial charge in [0.2, 0.25) is 23.6 Å². The minimum atomic E-state index is -1.22. The standard InChI is InChI=1S/C49H70N10O9/c1-30(2)35(47(67)56-29-45(64)65)27-43(62)40-18-11-23-59(40)48(68)38(17-8-9-21-50)57-44(63)20-19-41(60)39(25-33-28-55-37-16-7-6-15-34(33)37)58-46(66)32(14-10-22-54-49(52)53)26-42(61)36(51)24-31-12-4-3-5-13-31/h3-7,12-13,15-16,28,30,32,35-36,38-40,55H,8-11,14,17-27,29,50-51H2,1-2H3,(H,56,67)(H,57,63)(H,58,66)(H,64,65)(H4,52,53,54)/t32-,35+,36+,38+,39+,40+/m1/s1. The van der Waals surface area contributed by atoms with E-state index in [1.54, 1.807) is 20.0 Å². The second kappa shape index (κ2) is 27.4. The first-order valence-electron chi connectivity index (χ1n) is 23.6. The van der Waals surface area contributed by atoms with Gasteiger partial charge in [0, 0.05) is 74.1 Å². The molecule has 0 aliphatic carbocycles. The molecule has 4 rings (SSSR count). The first-order valence-corrected chi connectivity index (χ1v) is 23.6. The molecule has 19 heteroatoms. The summed E-state index contributed by atoms with van der Waals surface area (Å²) in [7, 11) is 0. The number of hydrogen-bond donors (Lipinski definition) is 9. The van der Waals surface area contributed by atoms with Crippen LogP contribution in [0.25, 0.3) is 10.9 Å². The number of guanidine groups is 1. The molecule has 19 nitrogen and oxygen atoms in total. The van der Waals surface area contributed by atoms with Gasteiger partial charge < -0.3 is 53.9 Å². The number of rotatable bonds is 30.